The molecule has 0 aliphatic carbocycles. The normalized spacial score (nSPS) is 12.7. The number of nitrogens with two attached hydrogens (primary N) is 1. The maximum Gasteiger partial charge on any atom is 0.147 e. The van der Waals surface area contributed by atoms with Crippen molar-refractivity contribution in [2.75, 3.05) is 0 Å². The van der Waals surface area contributed by atoms with Gasteiger partial charge in [-0.05, 0) is 19.1 Å². The summed E-state index contributed by atoms with van der Waals surface area (Å²) in [6.07, 6.45) is 1.66. The van der Waals surface area contributed by atoms with E-state index in [-0.39, 0.29) is 5.02 Å². The Labute approximate surface area is 110 Å². The van der Waals surface area contributed by atoms with E-state index in [9.17, 15) is 4.39 Å². The molecule has 1 heterocycles. The van der Waals surface area contributed by atoms with Crippen molar-refractivity contribution in [3.05, 3.63) is 52.6 Å². The highest BCUT2D eigenvalue weighted by atomic mass is 35.5. The van der Waals surface area contributed by atoms with Gasteiger partial charge in [0.2, 0.25) is 0 Å². The summed E-state index contributed by atoms with van der Waals surface area (Å²) in [7, 11) is 0. The van der Waals surface area contributed by atoms with Crippen molar-refractivity contribution in [3.8, 4) is 0 Å². The van der Waals surface area contributed by atoms with Gasteiger partial charge in [-0.1, -0.05) is 23.7 Å². The molecule has 0 fully saturated rings. The quantitative estimate of drug-likeness (QED) is 0.661. The fourth-order valence-corrected chi connectivity index (χ4v) is 2.11. The van der Waals surface area contributed by atoms with E-state index in [2.05, 4.69) is 10.5 Å². The van der Waals surface area contributed by atoms with Crippen LogP contribution in [-0.2, 0) is 6.54 Å². The summed E-state index contributed by atoms with van der Waals surface area (Å²) in [5, 5.41) is 4.23. The molecule has 0 saturated heterocycles. The molecule has 0 aliphatic heterocycles. The number of nitrogens with one attached hydrogen (secondary N) is 1. The first kappa shape index (κ1) is 13.0. The molecule has 4 nitrogen and oxygen atoms in total. The van der Waals surface area contributed by atoms with Gasteiger partial charge in [-0.15, -0.1) is 0 Å². The second-order valence-electron chi connectivity index (χ2n) is 3.81. The Hall–Kier alpha value is -1.43. The monoisotopic (exact) mass is 268 g/mol. The minimum Gasteiger partial charge on any atom is -0.271 e. The molecular formula is C12H14ClFN4. The number of hydrazine groups is 1. The molecular weight excluding hydrogens is 255 g/mol. The molecule has 6 heteroatoms. The Morgan fingerprint density at radius 2 is 2.28 bits per heavy atom. The lowest BCUT2D eigenvalue weighted by Crippen LogP contribution is -2.31. The highest BCUT2D eigenvalue weighted by Crippen LogP contribution is 2.27. The van der Waals surface area contributed by atoms with Crippen LogP contribution in [0.25, 0.3) is 0 Å². The SMILES string of the molecule is CCn1nccc1C(NN)c1cccc(Cl)c1F. The maximum atomic E-state index is 14.0. The van der Waals surface area contributed by atoms with Crippen LogP contribution in [0.15, 0.2) is 30.5 Å². The highest BCUT2D eigenvalue weighted by Gasteiger charge is 2.21. The van der Waals surface area contributed by atoms with Gasteiger partial charge >= 0.3 is 0 Å². The topological polar surface area (TPSA) is 55.9 Å². The minimum absolute atomic E-state index is 0.0790. The summed E-state index contributed by atoms with van der Waals surface area (Å²) in [6, 6.07) is 6.17. The summed E-state index contributed by atoms with van der Waals surface area (Å²) >= 11 is 5.78. The number of aryl methyl sites for hydroxylation is 1. The van der Waals surface area contributed by atoms with Crippen molar-refractivity contribution in [1.82, 2.24) is 15.2 Å². The second-order valence-corrected chi connectivity index (χ2v) is 4.22. The minimum atomic E-state index is -0.480. The molecule has 3 N–H and O–H groups in total. The molecule has 18 heavy (non-hydrogen) atoms. The zero-order valence-corrected chi connectivity index (χ0v) is 10.7. The Morgan fingerprint density at radius 3 is 2.94 bits per heavy atom. The number of hydrogen-bond acceptors (Lipinski definition) is 3. The molecule has 0 amide bonds. The molecule has 0 radical (unpaired) electrons. The Morgan fingerprint density at radius 1 is 1.50 bits per heavy atom. The second kappa shape index (κ2) is 5.48. The van der Waals surface area contributed by atoms with Gasteiger partial charge in [0.05, 0.1) is 16.8 Å². The lowest BCUT2D eigenvalue weighted by atomic mass is 10.0. The van der Waals surface area contributed by atoms with E-state index in [0.717, 1.165) is 5.69 Å². The molecule has 1 aromatic carbocycles. The molecule has 1 aromatic heterocycles. The number of benzene rings is 1. The molecule has 0 spiro atoms. The standard InChI is InChI=1S/C12H14ClFN4/c1-2-18-10(6-7-16-18)12(17-15)8-4-3-5-9(13)11(8)14/h3-7,12,17H,2,15H2,1H3. The van der Waals surface area contributed by atoms with Crippen LogP contribution in [0.3, 0.4) is 0 Å². The summed E-state index contributed by atoms with van der Waals surface area (Å²) in [5.74, 6) is 5.07. The number of nitrogens with zero attached hydrogens (tertiary/aromatic N) is 2. The molecule has 2 rings (SSSR count). The van der Waals surface area contributed by atoms with E-state index in [4.69, 9.17) is 17.4 Å². The summed E-state index contributed by atoms with van der Waals surface area (Å²) in [4.78, 5) is 0. The average Bonchev–Trinajstić information content (AvgIpc) is 2.83. The van der Waals surface area contributed by atoms with Crippen LogP contribution in [0.1, 0.15) is 24.2 Å². The first-order valence-corrected chi connectivity index (χ1v) is 5.98. The molecule has 0 aliphatic rings. The maximum absolute atomic E-state index is 14.0. The van der Waals surface area contributed by atoms with E-state index < -0.39 is 11.9 Å². The zero-order valence-electron chi connectivity index (χ0n) is 9.90. The van der Waals surface area contributed by atoms with Gasteiger partial charge in [-0.2, -0.15) is 5.10 Å². The predicted octanol–water partition coefficient (Wildman–Crippen LogP) is 2.25. The number of aromatic nitrogens is 2. The first-order chi connectivity index (χ1) is 8.69. The molecule has 0 saturated carbocycles. The average molecular weight is 269 g/mol. The van der Waals surface area contributed by atoms with Crippen molar-refractivity contribution in [1.29, 1.82) is 0 Å². The Bertz CT molecular complexity index is 541. The Balaban J connectivity index is 2.49. The summed E-state index contributed by atoms with van der Waals surface area (Å²) in [6.45, 7) is 2.64. The fourth-order valence-electron chi connectivity index (χ4n) is 1.93. The van der Waals surface area contributed by atoms with Crippen LogP contribution >= 0.6 is 11.6 Å². The smallest absolute Gasteiger partial charge is 0.147 e. The van der Waals surface area contributed by atoms with Gasteiger partial charge in [0.15, 0.2) is 0 Å². The number of hydrogen-bond donors (Lipinski definition) is 2. The lowest BCUT2D eigenvalue weighted by molar-refractivity contribution is 0.516. The van der Waals surface area contributed by atoms with Crippen molar-refractivity contribution in [2.24, 2.45) is 5.84 Å². The van der Waals surface area contributed by atoms with Crippen molar-refractivity contribution < 1.29 is 4.39 Å². The number of rotatable bonds is 4. The van der Waals surface area contributed by atoms with Crippen LogP contribution in [0, 0.1) is 5.82 Å². The molecule has 0 bridgehead atoms. The third kappa shape index (κ3) is 2.25. The van der Waals surface area contributed by atoms with E-state index >= 15 is 0 Å². The molecule has 96 valence electrons. The van der Waals surface area contributed by atoms with E-state index in [1.807, 2.05) is 6.92 Å². The van der Waals surface area contributed by atoms with Gasteiger partial charge in [0.25, 0.3) is 0 Å². The Kier molecular flexibility index (Phi) is 3.96. The lowest BCUT2D eigenvalue weighted by Gasteiger charge is -2.18. The van der Waals surface area contributed by atoms with Crippen LogP contribution in [0.4, 0.5) is 4.39 Å². The summed E-state index contributed by atoms with van der Waals surface area (Å²) < 4.78 is 15.8. The van der Waals surface area contributed by atoms with Crippen molar-refractivity contribution in [2.45, 2.75) is 19.5 Å². The summed E-state index contributed by atoms with van der Waals surface area (Å²) in [5.41, 5.74) is 3.80. The van der Waals surface area contributed by atoms with Crippen LogP contribution in [0.5, 0.6) is 0 Å². The largest absolute Gasteiger partial charge is 0.271 e. The third-order valence-corrected chi connectivity index (χ3v) is 3.10. The molecule has 1 atom stereocenters. The van der Waals surface area contributed by atoms with E-state index in [1.165, 1.54) is 6.07 Å². The van der Waals surface area contributed by atoms with Gasteiger partial charge < -0.3 is 0 Å². The third-order valence-electron chi connectivity index (χ3n) is 2.80. The van der Waals surface area contributed by atoms with Gasteiger partial charge in [0.1, 0.15) is 5.82 Å². The van der Waals surface area contributed by atoms with Gasteiger partial charge in [-0.3, -0.25) is 10.5 Å². The molecule has 2 aromatic rings. The highest BCUT2D eigenvalue weighted by molar-refractivity contribution is 6.30. The number of halogens is 2. The predicted molar refractivity (Wildman–Crippen MR) is 68.5 cm³/mol. The first-order valence-electron chi connectivity index (χ1n) is 5.60. The molecule has 1 unspecified atom stereocenters. The fraction of sp³-hybridized carbons (Fsp3) is 0.250. The van der Waals surface area contributed by atoms with Gasteiger partial charge in [-0.25, -0.2) is 9.82 Å². The van der Waals surface area contributed by atoms with E-state index in [0.29, 0.717) is 12.1 Å². The van der Waals surface area contributed by atoms with Gasteiger partial charge in [0, 0.05) is 18.3 Å². The zero-order chi connectivity index (χ0) is 13.1. The van der Waals surface area contributed by atoms with Crippen LogP contribution < -0.4 is 11.3 Å². The van der Waals surface area contributed by atoms with E-state index in [1.54, 1.807) is 29.1 Å². The van der Waals surface area contributed by atoms with Crippen molar-refractivity contribution >= 4 is 11.6 Å². The van der Waals surface area contributed by atoms with Crippen LogP contribution in [-0.4, -0.2) is 9.78 Å². The van der Waals surface area contributed by atoms with Crippen LogP contribution in [0.2, 0.25) is 5.02 Å². The van der Waals surface area contributed by atoms with Crippen molar-refractivity contribution in [3.63, 3.8) is 0 Å².